The minimum absolute atomic E-state index is 0.195. The summed E-state index contributed by atoms with van der Waals surface area (Å²) in [7, 11) is -3.51. The van der Waals surface area contributed by atoms with Gasteiger partial charge in [0.1, 0.15) is 11.5 Å². The number of hydrogen-bond donors (Lipinski definition) is 2. The van der Waals surface area contributed by atoms with Crippen molar-refractivity contribution in [2.75, 3.05) is 19.6 Å². The van der Waals surface area contributed by atoms with Crippen LogP contribution in [0.15, 0.2) is 53.4 Å². The van der Waals surface area contributed by atoms with Crippen LogP contribution in [0.5, 0.6) is 11.5 Å². The van der Waals surface area contributed by atoms with Gasteiger partial charge in [-0.05, 0) is 42.9 Å². The molecule has 7 heteroatoms. The number of nitrogens with one attached hydrogen (secondary N) is 2. The zero-order valence-corrected chi connectivity index (χ0v) is 14.3. The van der Waals surface area contributed by atoms with Crippen molar-refractivity contribution >= 4 is 21.6 Å². The number of para-hydroxylation sites is 1. The molecule has 0 aliphatic heterocycles. The number of ether oxygens (including phenoxy) is 1. The Labute approximate surface area is 141 Å². The predicted molar refractivity (Wildman–Crippen MR) is 91.7 cm³/mol. The molecule has 2 N–H and O–H groups in total. The van der Waals surface area contributed by atoms with Gasteiger partial charge in [0.2, 0.25) is 10.0 Å². The minimum atomic E-state index is -3.51. The summed E-state index contributed by atoms with van der Waals surface area (Å²) >= 11 is 6.02. The van der Waals surface area contributed by atoms with Crippen molar-refractivity contribution in [1.29, 1.82) is 0 Å². The first-order valence-electron chi connectivity index (χ1n) is 7.26. The molecular formula is C16H19ClN2O3S. The Bertz CT molecular complexity index is 733. The van der Waals surface area contributed by atoms with Crippen molar-refractivity contribution in [3.63, 3.8) is 0 Å². The van der Waals surface area contributed by atoms with Crippen LogP contribution in [0.4, 0.5) is 0 Å². The average molecular weight is 355 g/mol. The van der Waals surface area contributed by atoms with Gasteiger partial charge in [0.05, 0.1) is 9.92 Å². The van der Waals surface area contributed by atoms with Crippen LogP contribution in [0.1, 0.15) is 6.92 Å². The quantitative estimate of drug-likeness (QED) is 0.715. The molecule has 0 bridgehead atoms. The topological polar surface area (TPSA) is 67.4 Å². The Morgan fingerprint density at radius 3 is 2.39 bits per heavy atom. The van der Waals surface area contributed by atoms with Crippen LogP contribution in [0, 0.1) is 0 Å². The summed E-state index contributed by atoms with van der Waals surface area (Å²) < 4.78 is 32.4. The SMILES string of the molecule is CCNCCNS(=O)(=O)c1ccc(Oc2ccccc2Cl)cc1. The number of likely N-dealkylation sites (N-methyl/N-ethyl adjacent to an activating group) is 1. The molecule has 0 atom stereocenters. The third-order valence-corrected chi connectivity index (χ3v) is 4.83. The fourth-order valence-corrected chi connectivity index (χ4v) is 3.08. The normalized spacial score (nSPS) is 11.4. The van der Waals surface area contributed by atoms with Crippen molar-refractivity contribution in [1.82, 2.24) is 10.0 Å². The van der Waals surface area contributed by atoms with E-state index in [4.69, 9.17) is 16.3 Å². The van der Waals surface area contributed by atoms with E-state index in [1.165, 1.54) is 12.1 Å². The van der Waals surface area contributed by atoms with Gasteiger partial charge in [-0.3, -0.25) is 0 Å². The molecule has 2 aromatic rings. The molecule has 0 spiro atoms. The summed E-state index contributed by atoms with van der Waals surface area (Å²) in [5.74, 6) is 1.04. The predicted octanol–water partition coefficient (Wildman–Crippen LogP) is 3.02. The monoisotopic (exact) mass is 354 g/mol. The van der Waals surface area contributed by atoms with E-state index in [1.54, 1.807) is 24.3 Å². The van der Waals surface area contributed by atoms with Gasteiger partial charge in [-0.1, -0.05) is 30.7 Å². The van der Waals surface area contributed by atoms with Crippen LogP contribution in [-0.2, 0) is 10.0 Å². The summed E-state index contributed by atoms with van der Waals surface area (Å²) in [6.07, 6.45) is 0. The molecule has 23 heavy (non-hydrogen) atoms. The maximum atomic E-state index is 12.1. The molecule has 0 fully saturated rings. The van der Waals surface area contributed by atoms with Gasteiger partial charge in [0.25, 0.3) is 0 Å². The highest BCUT2D eigenvalue weighted by molar-refractivity contribution is 7.89. The van der Waals surface area contributed by atoms with E-state index in [0.717, 1.165) is 6.54 Å². The molecule has 5 nitrogen and oxygen atoms in total. The standard InChI is InChI=1S/C16H19ClN2O3S/c1-2-18-11-12-19-23(20,21)14-9-7-13(8-10-14)22-16-6-4-3-5-15(16)17/h3-10,18-19H,2,11-12H2,1H3. The molecular weight excluding hydrogens is 336 g/mol. The van der Waals surface area contributed by atoms with Gasteiger partial charge in [-0.15, -0.1) is 0 Å². The number of sulfonamides is 1. The van der Waals surface area contributed by atoms with Gasteiger partial charge >= 0.3 is 0 Å². The molecule has 124 valence electrons. The highest BCUT2D eigenvalue weighted by Gasteiger charge is 2.13. The lowest BCUT2D eigenvalue weighted by atomic mass is 10.3. The first-order valence-corrected chi connectivity index (χ1v) is 9.12. The molecule has 0 aliphatic rings. The Morgan fingerprint density at radius 1 is 1.04 bits per heavy atom. The summed E-state index contributed by atoms with van der Waals surface area (Å²) in [4.78, 5) is 0.195. The average Bonchev–Trinajstić information content (AvgIpc) is 2.54. The highest BCUT2D eigenvalue weighted by Crippen LogP contribution is 2.29. The van der Waals surface area contributed by atoms with E-state index in [0.29, 0.717) is 29.6 Å². The van der Waals surface area contributed by atoms with Crippen molar-refractivity contribution < 1.29 is 13.2 Å². The van der Waals surface area contributed by atoms with Crippen molar-refractivity contribution in [2.24, 2.45) is 0 Å². The minimum Gasteiger partial charge on any atom is -0.456 e. The second-order valence-corrected chi connectivity index (χ2v) is 6.93. The molecule has 0 aromatic heterocycles. The molecule has 0 radical (unpaired) electrons. The van der Waals surface area contributed by atoms with Crippen LogP contribution >= 0.6 is 11.6 Å². The Hall–Kier alpha value is -1.60. The lowest BCUT2D eigenvalue weighted by Crippen LogP contribution is -2.31. The van der Waals surface area contributed by atoms with Crippen LogP contribution in [-0.4, -0.2) is 28.1 Å². The number of halogens is 1. The summed E-state index contributed by atoms with van der Waals surface area (Å²) in [5, 5.41) is 3.55. The van der Waals surface area contributed by atoms with Gasteiger partial charge in [0, 0.05) is 13.1 Å². The zero-order valence-electron chi connectivity index (χ0n) is 12.8. The maximum absolute atomic E-state index is 12.1. The van der Waals surface area contributed by atoms with Gasteiger partial charge < -0.3 is 10.1 Å². The lowest BCUT2D eigenvalue weighted by molar-refractivity contribution is 0.482. The largest absolute Gasteiger partial charge is 0.456 e. The van der Waals surface area contributed by atoms with Crippen molar-refractivity contribution in [3.8, 4) is 11.5 Å². The van der Waals surface area contributed by atoms with E-state index in [9.17, 15) is 8.42 Å². The smallest absolute Gasteiger partial charge is 0.240 e. The van der Waals surface area contributed by atoms with Gasteiger partial charge in [-0.25, -0.2) is 13.1 Å². The van der Waals surface area contributed by atoms with Crippen molar-refractivity contribution in [2.45, 2.75) is 11.8 Å². The molecule has 0 saturated heterocycles. The Morgan fingerprint density at radius 2 is 1.74 bits per heavy atom. The molecule has 0 unspecified atom stereocenters. The van der Waals surface area contributed by atoms with E-state index in [1.807, 2.05) is 19.1 Å². The van der Waals surface area contributed by atoms with Crippen molar-refractivity contribution in [3.05, 3.63) is 53.6 Å². The number of benzene rings is 2. The molecule has 2 aromatic carbocycles. The molecule has 0 saturated carbocycles. The molecule has 2 rings (SSSR count). The fraction of sp³-hybridized carbons (Fsp3) is 0.250. The van der Waals surface area contributed by atoms with E-state index >= 15 is 0 Å². The van der Waals surface area contributed by atoms with E-state index in [-0.39, 0.29) is 4.90 Å². The third kappa shape index (κ3) is 5.21. The second-order valence-electron chi connectivity index (χ2n) is 4.76. The highest BCUT2D eigenvalue weighted by atomic mass is 35.5. The van der Waals surface area contributed by atoms with Gasteiger partial charge in [0.15, 0.2) is 0 Å². The van der Waals surface area contributed by atoms with Crippen LogP contribution in [0.3, 0.4) is 0 Å². The Balaban J connectivity index is 2.03. The first-order chi connectivity index (χ1) is 11.0. The second kappa shape index (κ2) is 8.31. The molecule has 0 heterocycles. The van der Waals surface area contributed by atoms with E-state index in [2.05, 4.69) is 10.0 Å². The lowest BCUT2D eigenvalue weighted by Gasteiger charge is -2.09. The summed E-state index contributed by atoms with van der Waals surface area (Å²) in [6, 6.07) is 13.3. The van der Waals surface area contributed by atoms with Crippen LogP contribution in [0.2, 0.25) is 5.02 Å². The van der Waals surface area contributed by atoms with Crippen LogP contribution in [0.25, 0.3) is 0 Å². The maximum Gasteiger partial charge on any atom is 0.240 e. The number of hydrogen-bond acceptors (Lipinski definition) is 4. The third-order valence-electron chi connectivity index (χ3n) is 3.04. The van der Waals surface area contributed by atoms with E-state index < -0.39 is 10.0 Å². The van der Waals surface area contributed by atoms with Crippen LogP contribution < -0.4 is 14.8 Å². The molecule has 0 aliphatic carbocycles. The summed E-state index contributed by atoms with van der Waals surface area (Å²) in [6.45, 7) is 3.69. The fourth-order valence-electron chi connectivity index (χ4n) is 1.88. The summed E-state index contributed by atoms with van der Waals surface area (Å²) in [5.41, 5.74) is 0. The molecule has 0 amide bonds. The Kier molecular flexibility index (Phi) is 6.41. The number of rotatable bonds is 8. The zero-order chi connectivity index (χ0) is 16.7. The van der Waals surface area contributed by atoms with Gasteiger partial charge in [-0.2, -0.15) is 0 Å². The first kappa shape index (κ1) is 17.7.